The van der Waals surface area contributed by atoms with Gasteiger partial charge in [0.25, 0.3) is 0 Å². The third-order valence-electron chi connectivity index (χ3n) is 12.2. The molecule has 0 atom stereocenters. The normalized spacial score (nSPS) is 11.5. The van der Waals surface area contributed by atoms with Crippen LogP contribution in [0.3, 0.4) is 0 Å². The van der Waals surface area contributed by atoms with Crippen molar-refractivity contribution in [2.24, 2.45) is 0 Å². The molecule has 0 amide bonds. The molecule has 0 spiro atoms. The van der Waals surface area contributed by atoms with Crippen molar-refractivity contribution in [3.8, 4) is 44.5 Å². The molecule has 4 heteroatoms. The van der Waals surface area contributed by atoms with Gasteiger partial charge in [-0.25, -0.2) is 0 Å². The average molecular weight is 797 g/mol. The fraction of sp³-hybridized carbons (Fsp3) is 0.0345. The van der Waals surface area contributed by atoms with Crippen LogP contribution in [0.1, 0.15) is 11.1 Å². The van der Waals surface area contributed by atoms with E-state index in [1.165, 1.54) is 0 Å². The standard InChI is InChI=1S/C58H40N2O2/c61-57-49-36-52-50(58(62)56-48(44-29-17-6-18-30-44)32-46(42-25-13-4-14-26-42)34-54(56)60(52)38-40-21-9-2-10-22-40)35-51(49)59(37-39-19-7-1-8-20-39)53-33-45(41-23-11-3-12-24-41)31-47(55(53)57)43-27-15-5-16-28-43/h1-36H,37-38H2. The number of hydrogen-bond donors (Lipinski definition) is 0. The van der Waals surface area contributed by atoms with Gasteiger partial charge in [0.1, 0.15) is 0 Å². The molecule has 11 rings (SSSR count). The molecule has 0 aliphatic heterocycles. The summed E-state index contributed by atoms with van der Waals surface area (Å²) in [7, 11) is 0. The summed E-state index contributed by atoms with van der Waals surface area (Å²) in [6.45, 7) is 0.987. The maximum absolute atomic E-state index is 15.6. The molecule has 0 saturated heterocycles. The predicted octanol–water partition coefficient (Wildman–Crippen LogP) is 13.4. The lowest BCUT2D eigenvalue weighted by molar-refractivity contribution is 0.857. The van der Waals surface area contributed by atoms with Gasteiger partial charge in [0, 0.05) is 23.9 Å². The van der Waals surface area contributed by atoms with E-state index in [1.807, 2.05) is 121 Å². The zero-order valence-electron chi connectivity index (χ0n) is 33.9. The zero-order chi connectivity index (χ0) is 41.6. The SMILES string of the molecule is O=c1c2cc3c(cc2n(Cc2ccccc2)c2cc(-c4ccccc4)cc(-c4ccccc4)c12)c(=O)c1c(-c2ccccc2)cc(-c2ccccc2)cc1n3Cc1ccccc1. The van der Waals surface area contributed by atoms with Crippen molar-refractivity contribution >= 4 is 43.6 Å². The Hall–Kier alpha value is -8.08. The van der Waals surface area contributed by atoms with Gasteiger partial charge < -0.3 is 9.13 Å². The first-order valence-corrected chi connectivity index (χ1v) is 21.1. The first-order chi connectivity index (χ1) is 30.6. The summed E-state index contributed by atoms with van der Waals surface area (Å²) in [6.07, 6.45) is 0. The van der Waals surface area contributed by atoms with Crippen molar-refractivity contribution < 1.29 is 0 Å². The highest BCUT2D eigenvalue weighted by atomic mass is 16.1. The smallest absolute Gasteiger partial charge is 0.197 e. The molecule has 0 unspecified atom stereocenters. The second-order valence-corrected chi connectivity index (χ2v) is 16.0. The minimum atomic E-state index is -0.0681. The Morgan fingerprint density at radius 2 is 0.597 bits per heavy atom. The molecule has 0 aliphatic rings. The summed E-state index contributed by atoms with van der Waals surface area (Å²) in [4.78, 5) is 31.1. The van der Waals surface area contributed by atoms with E-state index in [0.717, 1.165) is 66.7 Å². The summed E-state index contributed by atoms with van der Waals surface area (Å²) in [5, 5.41) is 2.42. The van der Waals surface area contributed by atoms with Gasteiger partial charge in [-0.3, -0.25) is 9.59 Å². The molecule has 0 fully saturated rings. The third kappa shape index (κ3) is 6.50. The molecule has 11 aromatic rings. The van der Waals surface area contributed by atoms with Crippen molar-refractivity contribution in [3.05, 3.63) is 250 Å². The molecule has 0 N–H and O–H groups in total. The summed E-state index contributed by atoms with van der Waals surface area (Å²) in [5.41, 5.74) is 12.9. The molecule has 62 heavy (non-hydrogen) atoms. The molecule has 0 aliphatic carbocycles. The van der Waals surface area contributed by atoms with Crippen LogP contribution in [0.4, 0.5) is 0 Å². The van der Waals surface area contributed by atoms with Crippen LogP contribution in [0.5, 0.6) is 0 Å². The van der Waals surface area contributed by atoms with E-state index >= 15 is 9.59 Å². The van der Waals surface area contributed by atoms with Crippen LogP contribution < -0.4 is 10.9 Å². The van der Waals surface area contributed by atoms with Gasteiger partial charge in [-0.2, -0.15) is 0 Å². The monoisotopic (exact) mass is 796 g/mol. The van der Waals surface area contributed by atoms with Crippen LogP contribution in [-0.2, 0) is 13.1 Å². The van der Waals surface area contributed by atoms with E-state index < -0.39 is 0 Å². The van der Waals surface area contributed by atoms with Gasteiger partial charge in [0.05, 0.1) is 32.8 Å². The van der Waals surface area contributed by atoms with Crippen LogP contribution in [0.2, 0.25) is 0 Å². The summed E-state index contributed by atoms with van der Waals surface area (Å²) >= 11 is 0. The first kappa shape index (κ1) is 37.0. The highest BCUT2D eigenvalue weighted by Crippen LogP contribution is 2.38. The van der Waals surface area contributed by atoms with Crippen molar-refractivity contribution in [2.75, 3.05) is 0 Å². The molecule has 2 aromatic heterocycles. The van der Waals surface area contributed by atoms with Crippen molar-refractivity contribution in [1.82, 2.24) is 9.13 Å². The van der Waals surface area contributed by atoms with Gasteiger partial charge in [-0.15, -0.1) is 0 Å². The summed E-state index contributed by atoms with van der Waals surface area (Å²) < 4.78 is 4.50. The molecular weight excluding hydrogens is 757 g/mol. The minimum absolute atomic E-state index is 0.0681. The Morgan fingerprint density at radius 1 is 0.290 bits per heavy atom. The number of hydrogen-bond acceptors (Lipinski definition) is 2. The van der Waals surface area contributed by atoms with Crippen molar-refractivity contribution in [1.29, 1.82) is 0 Å². The lowest BCUT2D eigenvalue weighted by Crippen LogP contribution is -2.17. The first-order valence-electron chi connectivity index (χ1n) is 21.1. The van der Waals surface area contributed by atoms with Gasteiger partial charge in [0.2, 0.25) is 0 Å². The van der Waals surface area contributed by atoms with Gasteiger partial charge in [-0.1, -0.05) is 182 Å². The number of rotatable bonds is 8. The lowest BCUT2D eigenvalue weighted by atomic mass is 9.92. The van der Waals surface area contributed by atoms with E-state index in [9.17, 15) is 0 Å². The van der Waals surface area contributed by atoms with Crippen LogP contribution >= 0.6 is 0 Å². The summed E-state index contributed by atoms with van der Waals surface area (Å²) in [6, 6.07) is 74.4. The molecule has 2 heterocycles. The number of fused-ring (bicyclic) bond motifs is 4. The minimum Gasteiger partial charge on any atom is -0.336 e. The third-order valence-corrected chi connectivity index (χ3v) is 12.2. The van der Waals surface area contributed by atoms with Gasteiger partial charge in [-0.05, 0) is 92.0 Å². The van der Waals surface area contributed by atoms with E-state index in [1.54, 1.807) is 0 Å². The molecule has 9 aromatic carbocycles. The van der Waals surface area contributed by atoms with E-state index in [4.69, 9.17) is 0 Å². The Morgan fingerprint density at radius 3 is 0.935 bits per heavy atom. The van der Waals surface area contributed by atoms with Crippen LogP contribution in [-0.4, -0.2) is 9.13 Å². The molecule has 0 radical (unpaired) electrons. The fourth-order valence-electron chi connectivity index (χ4n) is 9.23. The lowest BCUT2D eigenvalue weighted by Gasteiger charge is -2.22. The Balaban J connectivity index is 1.33. The number of nitrogens with zero attached hydrogens (tertiary/aromatic N) is 2. The zero-order valence-corrected chi connectivity index (χ0v) is 33.9. The topological polar surface area (TPSA) is 44.0 Å². The van der Waals surface area contributed by atoms with E-state index in [0.29, 0.717) is 45.7 Å². The van der Waals surface area contributed by atoms with Gasteiger partial charge >= 0.3 is 0 Å². The highest BCUT2D eigenvalue weighted by Gasteiger charge is 2.23. The molecule has 4 nitrogen and oxygen atoms in total. The highest BCUT2D eigenvalue weighted by molar-refractivity contribution is 6.10. The quantitative estimate of drug-likeness (QED) is 0.144. The second-order valence-electron chi connectivity index (χ2n) is 16.0. The maximum atomic E-state index is 15.6. The van der Waals surface area contributed by atoms with Crippen LogP contribution in [0, 0.1) is 0 Å². The number of benzene rings is 9. The Kier molecular flexibility index (Phi) is 9.24. The molecule has 0 saturated carbocycles. The van der Waals surface area contributed by atoms with E-state index in [-0.39, 0.29) is 10.9 Å². The van der Waals surface area contributed by atoms with Gasteiger partial charge in [0.15, 0.2) is 10.9 Å². The van der Waals surface area contributed by atoms with Crippen LogP contribution in [0.25, 0.3) is 88.1 Å². The average Bonchev–Trinajstić information content (AvgIpc) is 3.34. The maximum Gasteiger partial charge on any atom is 0.197 e. The second kappa shape index (κ2) is 15.5. The largest absolute Gasteiger partial charge is 0.336 e. The Labute approximate surface area is 358 Å². The molecule has 0 bridgehead atoms. The molecular formula is C58H40N2O2. The summed E-state index contributed by atoms with van der Waals surface area (Å²) in [5.74, 6) is 0. The van der Waals surface area contributed by atoms with E-state index in [2.05, 4.69) is 106 Å². The molecule has 294 valence electrons. The number of pyridine rings is 2. The van der Waals surface area contributed by atoms with Crippen molar-refractivity contribution in [2.45, 2.75) is 13.1 Å². The predicted molar refractivity (Wildman–Crippen MR) is 258 cm³/mol. The fourth-order valence-corrected chi connectivity index (χ4v) is 9.23. The van der Waals surface area contributed by atoms with Crippen molar-refractivity contribution in [3.63, 3.8) is 0 Å². The van der Waals surface area contributed by atoms with Crippen LogP contribution in [0.15, 0.2) is 228 Å². The number of aromatic nitrogens is 2. The Bertz CT molecular complexity index is 3320.